The molecule has 0 radical (unpaired) electrons. The zero-order chi connectivity index (χ0) is 11.3. The molecule has 2 nitrogen and oxygen atoms in total. The summed E-state index contributed by atoms with van der Waals surface area (Å²) in [5, 5.41) is 12.9. The van der Waals surface area contributed by atoms with E-state index in [2.05, 4.69) is 26.1 Å². The number of nitrogens with one attached hydrogen (secondary N) is 1. The van der Waals surface area contributed by atoms with Crippen LogP contribution in [0.1, 0.15) is 52.9 Å². The molecular weight excluding hydrogens is 186 g/mol. The van der Waals surface area contributed by atoms with Gasteiger partial charge in [-0.25, -0.2) is 0 Å². The largest absolute Gasteiger partial charge is 0.395 e. The predicted molar refractivity (Wildman–Crippen MR) is 64.9 cm³/mol. The number of hydrogen-bond acceptors (Lipinski definition) is 2. The van der Waals surface area contributed by atoms with Crippen LogP contribution in [0.3, 0.4) is 0 Å². The van der Waals surface area contributed by atoms with E-state index in [1.54, 1.807) is 0 Å². The highest BCUT2D eigenvalue weighted by atomic mass is 16.3. The fourth-order valence-corrected chi connectivity index (χ4v) is 2.68. The second-order valence-corrected chi connectivity index (χ2v) is 5.64. The maximum atomic E-state index is 9.31. The Labute approximate surface area is 94.5 Å². The number of aliphatic hydroxyl groups excluding tert-OH is 1. The van der Waals surface area contributed by atoms with E-state index in [9.17, 15) is 5.11 Å². The molecule has 0 aliphatic heterocycles. The van der Waals surface area contributed by atoms with Crippen molar-refractivity contribution in [1.82, 2.24) is 5.32 Å². The van der Waals surface area contributed by atoms with Crippen molar-refractivity contribution in [3.63, 3.8) is 0 Å². The van der Waals surface area contributed by atoms with E-state index in [0.717, 1.165) is 12.3 Å². The van der Waals surface area contributed by atoms with E-state index in [-0.39, 0.29) is 6.61 Å². The normalized spacial score (nSPS) is 29.4. The second-order valence-electron chi connectivity index (χ2n) is 5.64. The molecule has 0 saturated heterocycles. The van der Waals surface area contributed by atoms with Crippen LogP contribution in [0.15, 0.2) is 0 Å². The van der Waals surface area contributed by atoms with Gasteiger partial charge in [-0.3, -0.25) is 0 Å². The van der Waals surface area contributed by atoms with E-state index < -0.39 is 0 Å². The number of rotatable bonds is 5. The Morgan fingerprint density at radius 3 is 2.60 bits per heavy atom. The Kier molecular flexibility index (Phi) is 5.62. The highest BCUT2D eigenvalue weighted by Gasteiger charge is 2.21. The minimum atomic E-state index is 0.281. The summed E-state index contributed by atoms with van der Waals surface area (Å²) < 4.78 is 0. The molecule has 0 unspecified atom stereocenters. The van der Waals surface area contributed by atoms with Crippen molar-refractivity contribution in [2.24, 2.45) is 11.8 Å². The lowest BCUT2D eigenvalue weighted by Gasteiger charge is -2.31. The molecule has 2 heteroatoms. The highest BCUT2D eigenvalue weighted by molar-refractivity contribution is 4.80. The van der Waals surface area contributed by atoms with Gasteiger partial charge in [0.25, 0.3) is 0 Å². The van der Waals surface area contributed by atoms with Crippen molar-refractivity contribution in [3.8, 4) is 0 Å². The Morgan fingerprint density at radius 2 is 2.07 bits per heavy atom. The third-order valence-corrected chi connectivity index (χ3v) is 3.38. The molecule has 1 saturated carbocycles. The smallest absolute Gasteiger partial charge is 0.0584 e. The molecule has 1 rings (SSSR count). The molecule has 0 amide bonds. The van der Waals surface area contributed by atoms with Crippen molar-refractivity contribution in [2.75, 3.05) is 6.61 Å². The molecule has 1 aliphatic carbocycles. The van der Waals surface area contributed by atoms with Gasteiger partial charge in [0.05, 0.1) is 6.61 Å². The average molecular weight is 213 g/mol. The Morgan fingerprint density at radius 1 is 1.33 bits per heavy atom. The van der Waals surface area contributed by atoms with Gasteiger partial charge in [0.1, 0.15) is 0 Å². The minimum Gasteiger partial charge on any atom is -0.395 e. The Bertz CT molecular complexity index is 168. The van der Waals surface area contributed by atoms with Crippen LogP contribution in [0.4, 0.5) is 0 Å². The monoisotopic (exact) mass is 213 g/mol. The van der Waals surface area contributed by atoms with Crippen LogP contribution < -0.4 is 5.32 Å². The van der Waals surface area contributed by atoms with Gasteiger partial charge >= 0.3 is 0 Å². The summed E-state index contributed by atoms with van der Waals surface area (Å²) in [6.45, 7) is 7.05. The van der Waals surface area contributed by atoms with Crippen LogP contribution >= 0.6 is 0 Å². The summed E-state index contributed by atoms with van der Waals surface area (Å²) in [5.41, 5.74) is 0. The first-order chi connectivity index (χ1) is 7.11. The number of aliphatic hydroxyl groups is 1. The van der Waals surface area contributed by atoms with Crippen LogP contribution in [-0.2, 0) is 0 Å². The molecule has 0 aromatic rings. The summed E-state index contributed by atoms with van der Waals surface area (Å²) >= 11 is 0. The van der Waals surface area contributed by atoms with E-state index >= 15 is 0 Å². The molecule has 0 spiro atoms. The molecule has 15 heavy (non-hydrogen) atoms. The lowest BCUT2D eigenvalue weighted by Crippen LogP contribution is -2.43. The predicted octanol–water partition coefficient (Wildman–Crippen LogP) is 2.56. The average Bonchev–Trinajstić information content (AvgIpc) is 2.16. The quantitative estimate of drug-likeness (QED) is 0.735. The van der Waals surface area contributed by atoms with E-state index in [0.29, 0.717) is 18.0 Å². The molecule has 2 N–H and O–H groups in total. The fraction of sp³-hybridized carbons (Fsp3) is 1.00. The Hall–Kier alpha value is -0.0800. The van der Waals surface area contributed by atoms with Gasteiger partial charge in [-0.05, 0) is 31.1 Å². The lowest BCUT2D eigenvalue weighted by atomic mass is 9.86. The zero-order valence-electron chi connectivity index (χ0n) is 10.5. The molecule has 1 aliphatic rings. The van der Waals surface area contributed by atoms with Crippen molar-refractivity contribution in [2.45, 2.75) is 65.0 Å². The van der Waals surface area contributed by atoms with Crippen LogP contribution in [0.25, 0.3) is 0 Å². The third kappa shape index (κ3) is 4.98. The summed E-state index contributed by atoms with van der Waals surface area (Å²) in [6, 6.07) is 0.949. The molecular formula is C13H27NO. The molecule has 0 aromatic heterocycles. The van der Waals surface area contributed by atoms with Crippen molar-refractivity contribution >= 4 is 0 Å². The van der Waals surface area contributed by atoms with E-state index in [4.69, 9.17) is 0 Å². The third-order valence-electron chi connectivity index (χ3n) is 3.38. The molecule has 0 heterocycles. The second kappa shape index (κ2) is 6.49. The number of hydrogen-bond donors (Lipinski definition) is 2. The van der Waals surface area contributed by atoms with Gasteiger partial charge in [0.15, 0.2) is 0 Å². The summed E-state index contributed by atoms with van der Waals surface area (Å²) in [4.78, 5) is 0. The Balaban J connectivity index is 2.30. The van der Waals surface area contributed by atoms with Crippen LogP contribution in [-0.4, -0.2) is 23.8 Å². The molecule has 0 bridgehead atoms. The van der Waals surface area contributed by atoms with E-state index in [1.165, 1.54) is 25.7 Å². The van der Waals surface area contributed by atoms with Crippen molar-refractivity contribution in [3.05, 3.63) is 0 Å². The topological polar surface area (TPSA) is 32.3 Å². The zero-order valence-corrected chi connectivity index (χ0v) is 10.5. The van der Waals surface area contributed by atoms with Gasteiger partial charge in [0, 0.05) is 12.1 Å². The maximum Gasteiger partial charge on any atom is 0.0584 e. The first-order valence-electron chi connectivity index (χ1n) is 6.48. The minimum absolute atomic E-state index is 0.281. The fourth-order valence-electron chi connectivity index (χ4n) is 2.68. The molecule has 90 valence electrons. The van der Waals surface area contributed by atoms with Gasteiger partial charge in [-0.15, -0.1) is 0 Å². The lowest BCUT2D eigenvalue weighted by molar-refractivity contribution is 0.191. The first kappa shape index (κ1) is 13.0. The van der Waals surface area contributed by atoms with Crippen molar-refractivity contribution < 1.29 is 5.11 Å². The summed E-state index contributed by atoms with van der Waals surface area (Å²) in [7, 11) is 0. The van der Waals surface area contributed by atoms with Crippen LogP contribution in [0, 0.1) is 11.8 Å². The summed E-state index contributed by atoms with van der Waals surface area (Å²) in [5.74, 6) is 1.52. The van der Waals surface area contributed by atoms with Gasteiger partial charge < -0.3 is 10.4 Å². The first-order valence-corrected chi connectivity index (χ1v) is 6.48. The molecule has 3 atom stereocenters. The van der Waals surface area contributed by atoms with Gasteiger partial charge in [0.2, 0.25) is 0 Å². The van der Waals surface area contributed by atoms with Crippen LogP contribution in [0.2, 0.25) is 0 Å². The van der Waals surface area contributed by atoms with Gasteiger partial charge in [-0.2, -0.15) is 0 Å². The van der Waals surface area contributed by atoms with Crippen molar-refractivity contribution in [1.29, 1.82) is 0 Å². The maximum absolute atomic E-state index is 9.31. The SMILES string of the molecule is CC(C)C[C@@H](CO)N[C@@H]1CCC[C@H](C)C1. The molecule has 1 fully saturated rings. The van der Waals surface area contributed by atoms with E-state index in [1.807, 2.05) is 0 Å². The highest BCUT2D eigenvalue weighted by Crippen LogP contribution is 2.24. The molecule has 0 aromatic carbocycles. The van der Waals surface area contributed by atoms with Gasteiger partial charge in [-0.1, -0.05) is 33.6 Å². The van der Waals surface area contributed by atoms with Crippen LogP contribution in [0.5, 0.6) is 0 Å². The summed E-state index contributed by atoms with van der Waals surface area (Å²) in [6.07, 6.45) is 6.39. The standard InChI is InChI=1S/C13H27NO/c1-10(2)7-13(9-15)14-12-6-4-5-11(3)8-12/h10-15H,4-9H2,1-3H3/t11-,12+,13-/m0/s1.